The van der Waals surface area contributed by atoms with Crippen molar-refractivity contribution in [3.05, 3.63) is 64.5 Å². The van der Waals surface area contributed by atoms with Crippen LogP contribution in [0.15, 0.2) is 48.8 Å². The van der Waals surface area contributed by atoms with Crippen molar-refractivity contribution in [1.29, 1.82) is 0 Å². The van der Waals surface area contributed by atoms with E-state index in [1.54, 1.807) is 36.7 Å². The van der Waals surface area contributed by atoms with E-state index >= 15 is 0 Å². The van der Waals surface area contributed by atoms with Crippen LogP contribution in [0.4, 0.5) is 5.69 Å². The maximum Gasteiger partial charge on any atom is 0.316 e. The van der Waals surface area contributed by atoms with Crippen molar-refractivity contribution in [2.24, 2.45) is 0 Å². The van der Waals surface area contributed by atoms with Crippen molar-refractivity contribution in [2.75, 3.05) is 0 Å². The van der Waals surface area contributed by atoms with Crippen LogP contribution in [0.2, 0.25) is 0 Å². The van der Waals surface area contributed by atoms with Gasteiger partial charge in [-0.3, -0.25) is 14.9 Å². The van der Waals surface area contributed by atoms with Crippen molar-refractivity contribution < 1.29 is 14.5 Å². The zero-order chi connectivity index (χ0) is 19.1. The third kappa shape index (κ3) is 5.60. The molecule has 0 saturated heterocycles. The lowest BCUT2D eigenvalue weighted by Gasteiger charge is -2.28. The number of hydrogen-bond donors (Lipinski definition) is 1. The van der Waals surface area contributed by atoms with Gasteiger partial charge in [-0.15, -0.1) is 0 Å². The number of nitrogens with zero attached hydrogens (tertiary/aromatic N) is 3. The molecule has 0 radical (unpaired) electrons. The molecule has 1 aliphatic rings. The summed E-state index contributed by atoms with van der Waals surface area (Å²) in [5.41, 5.74) is 0.757. The smallest absolute Gasteiger partial charge is 0.316 e. The maximum atomic E-state index is 12.1. The van der Waals surface area contributed by atoms with Gasteiger partial charge >= 0.3 is 6.01 Å². The van der Waals surface area contributed by atoms with Crippen molar-refractivity contribution in [2.45, 2.75) is 37.8 Å². The lowest BCUT2D eigenvalue weighted by Crippen LogP contribution is -2.39. The van der Waals surface area contributed by atoms with Crippen LogP contribution in [-0.4, -0.2) is 32.9 Å². The highest BCUT2D eigenvalue weighted by atomic mass is 16.6. The van der Waals surface area contributed by atoms with Gasteiger partial charge in [0.1, 0.15) is 6.10 Å². The van der Waals surface area contributed by atoms with E-state index in [9.17, 15) is 14.9 Å². The molecule has 1 aromatic heterocycles. The molecule has 27 heavy (non-hydrogen) atoms. The van der Waals surface area contributed by atoms with Gasteiger partial charge in [-0.1, -0.05) is 0 Å². The fourth-order valence-corrected chi connectivity index (χ4v) is 2.95. The Morgan fingerprint density at radius 1 is 1.15 bits per heavy atom. The zero-order valence-electron chi connectivity index (χ0n) is 14.7. The van der Waals surface area contributed by atoms with Gasteiger partial charge in [0.2, 0.25) is 5.91 Å². The molecule has 8 nitrogen and oxygen atoms in total. The third-order valence-corrected chi connectivity index (χ3v) is 4.37. The molecular weight excluding hydrogens is 348 g/mol. The number of nitro groups is 1. The molecule has 8 heteroatoms. The van der Waals surface area contributed by atoms with E-state index in [0.717, 1.165) is 31.2 Å². The molecule has 1 aromatic carbocycles. The molecular formula is C19H20N4O4. The van der Waals surface area contributed by atoms with Crippen molar-refractivity contribution in [3.8, 4) is 6.01 Å². The highest BCUT2D eigenvalue weighted by Gasteiger charge is 2.23. The van der Waals surface area contributed by atoms with Crippen LogP contribution in [0.3, 0.4) is 0 Å². The molecule has 0 atom stereocenters. The van der Waals surface area contributed by atoms with Crippen LogP contribution in [0.5, 0.6) is 6.01 Å². The average molecular weight is 368 g/mol. The van der Waals surface area contributed by atoms with E-state index in [4.69, 9.17) is 4.74 Å². The minimum absolute atomic E-state index is 0.0245. The number of carbonyl (C=O) groups is 1. The summed E-state index contributed by atoms with van der Waals surface area (Å²) in [4.78, 5) is 30.4. The highest BCUT2D eigenvalue weighted by Crippen LogP contribution is 2.22. The first kappa shape index (κ1) is 18.5. The highest BCUT2D eigenvalue weighted by molar-refractivity contribution is 5.91. The van der Waals surface area contributed by atoms with Gasteiger partial charge in [0, 0.05) is 36.6 Å². The molecule has 3 rings (SSSR count). The number of hydrogen-bond acceptors (Lipinski definition) is 6. The second-order valence-electron chi connectivity index (χ2n) is 6.31. The number of nitrogens with one attached hydrogen (secondary N) is 1. The summed E-state index contributed by atoms with van der Waals surface area (Å²) in [7, 11) is 0. The normalized spacial score (nSPS) is 19.6. The van der Waals surface area contributed by atoms with Crippen LogP contribution in [0.1, 0.15) is 31.2 Å². The van der Waals surface area contributed by atoms with Crippen LogP contribution < -0.4 is 10.1 Å². The topological polar surface area (TPSA) is 107 Å². The molecule has 1 aliphatic carbocycles. The van der Waals surface area contributed by atoms with Crippen LogP contribution in [0.25, 0.3) is 6.08 Å². The monoisotopic (exact) mass is 368 g/mol. The van der Waals surface area contributed by atoms with E-state index < -0.39 is 4.92 Å². The Morgan fingerprint density at radius 3 is 2.44 bits per heavy atom. The summed E-state index contributed by atoms with van der Waals surface area (Å²) in [6, 6.07) is 8.27. The Kier molecular flexibility index (Phi) is 6.09. The molecule has 0 unspecified atom stereocenters. The van der Waals surface area contributed by atoms with E-state index in [1.165, 1.54) is 18.2 Å². The van der Waals surface area contributed by atoms with E-state index in [2.05, 4.69) is 15.3 Å². The molecule has 1 amide bonds. The number of ether oxygens (including phenoxy) is 1. The Morgan fingerprint density at radius 2 is 1.81 bits per heavy atom. The second kappa shape index (κ2) is 8.88. The molecule has 1 fully saturated rings. The largest absolute Gasteiger partial charge is 0.460 e. The lowest BCUT2D eigenvalue weighted by molar-refractivity contribution is -0.384. The molecule has 0 aliphatic heterocycles. The minimum atomic E-state index is -0.454. The fourth-order valence-electron chi connectivity index (χ4n) is 2.95. The Hall–Kier alpha value is -3.29. The van der Waals surface area contributed by atoms with Gasteiger partial charge < -0.3 is 10.1 Å². The number of nitro benzene ring substituents is 1. The zero-order valence-corrected chi connectivity index (χ0v) is 14.7. The Bertz CT molecular complexity index is 800. The minimum Gasteiger partial charge on any atom is -0.460 e. The van der Waals surface area contributed by atoms with Crippen molar-refractivity contribution in [3.63, 3.8) is 0 Å². The summed E-state index contributed by atoms with van der Waals surface area (Å²) in [5, 5.41) is 13.6. The van der Waals surface area contributed by atoms with E-state index in [1.807, 2.05) is 0 Å². The summed E-state index contributed by atoms with van der Waals surface area (Å²) in [5.74, 6) is -0.177. The van der Waals surface area contributed by atoms with Crippen LogP contribution >= 0.6 is 0 Å². The molecule has 1 heterocycles. The van der Waals surface area contributed by atoms with Crippen LogP contribution in [-0.2, 0) is 4.79 Å². The second-order valence-corrected chi connectivity index (χ2v) is 6.31. The van der Waals surface area contributed by atoms with Crippen molar-refractivity contribution >= 4 is 17.7 Å². The van der Waals surface area contributed by atoms with Gasteiger partial charge in [0.05, 0.1) is 4.92 Å². The van der Waals surface area contributed by atoms with Crippen molar-refractivity contribution in [1.82, 2.24) is 15.3 Å². The van der Waals surface area contributed by atoms with E-state index in [0.29, 0.717) is 6.01 Å². The number of amides is 1. The lowest BCUT2D eigenvalue weighted by atomic mass is 9.93. The first-order chi connectivity index (χ1) is 13.1. The molecule has 1 saturated carbocycles. The number of non-ortho nitro benzene ring substituents is 1. The van der Waals surface area contributed by atoms with E-state index in [-0.39, 0.29) is 23.7 Å². The number of carbonyl (C=O) groups excluding carboxylic acids is 1. The molecule has 140 valence electrons. The first-order valence-corrected chi connectivity index (χ1v) is 8.77. The predicted octanol–water partition coefficient (Wildman–Crippen LogP) is 2.90. The third-order valence-electron chi connectivity index (χ3n) is 4.37. The quantitative estimate of drug-likeness (QED) is 0.477. The summed E-state index contributed by atoms with van der Waals surface area (Å²) in [6.45, 7) is 0. The number of rotatable bonds is 6. The summed E-state index contributed by atoms with van der Waals surface area (Å²) < 4.78 is 5.74. The first-order valence-electron chi connectivity index (χ1n) is 8.77. The molecule has 0 spiro atoms. The SMILES string of the molecule is O=C(/C=C/c1ccc([N+](=O)[O-])cc1)NC1CCC(Oc2ncccn2)CC1. The summed E-state index contributed by atoms with van der Waals surface area (Å²) in [6.07, 6.45) is 9.75. The fraction of sp³-hybridized carbons (Fsp3) is 0.316. The molecule has 2 aromatic rings. The average Bonchev–Trinajstić information content (AvgIpc) is 2.69. The molecule has 0 bridgehead atoms. The van der Waals surface area contributed by atoms with Gasteiger partial charge in [0.15, 0.2) is 0 Å². The summed E-state index contributed by atoms with van der Waals surface area (Å²) >= 11 is 0. The Balaban J connectivity index is 1.43. The van der Waals surface area contributed by atoms with Gasteiger partial charge in [-0.2, -0.15) is 0 Å². The number of aromatic nitrogens is 2. The Labute approximate surface area is 156 Å². The maximum absolute atomic E-state index is 12.1. The predicted molar refractivity (Wildman–Crippen MR) is 99.0 cm³/mol. The van der Waals surface area contributed by atoms with Crippen LogP contribution in [0, 0.1) is 10.1 Å². The van der Waals surface area contributed by atoms with Gasteiger partial charge in [0.25, 0.3) is 5.69 Å². The van der Waals surface area contributed by atoms with Gasteiger partial charge in [-0.05, 0) is 55.5 Å². The van der Waals surface area contributed by atoms with Gasteiger partial charge in [-0.25, -0.2) is 9.97 Å². The number of benzene rings is 1. The molecule has 1 N–H and O–H groups in total. The standard InChI is InChI=1S/C19H20N4O4/c24-18(11-4-14-2-7-16(8-3-14)23(25)26)22-15-5-9-17(10-6-15)27-19-20-12-1-13-21-19/h1-4,7-8,11-13,15,17H,5-6,9-10H2,(H,22,24)/b11-4+.